The lowest BCUT2D eigenvalue weighted by Gasteiger charge is -2.31. The van der Waals surface area contributed by atoms with E-state index in [-0.39, 0.29) is 18.3 Å². The van der Waals surface area contributed by atoms with Gasteiger partial charge in [0.25, 0.3) is 0 Å². The number of carbonyl (C=O) groups excluding carboxylic acids is 1. The zero-order valence-electron chi connectivity index (χ0n) is 20.3. The molecule has 1 amide bonds. The first-order valence-corrected chi connectivity index (χ1v) is 11.8. The van der Waals surface area contributed by atoms with Gasteiger partial charge in [0.2, 0.25) is 5.88 Å². The third-order valence-corrected chi connectivity index (χ3v) is 5.81. The van der Waals surface area contributed by atoms with Crippen molar-refractivity contribution in [2.24, 2.45) is 0 Å². The van der Waals surface area contributed by atoms with Crippen LogP contribution in [0.25, 0.3) is 0 Å². The summed E-state index contributed by atoms with van der Waals surface area (Å²) in [4.78, 5) is 29.2. The van der Waals surface area contributed by atoms with E-state index in [2.05, 4.69) is 52.1 Å². The van der Waals surface area contributed by atoms with Gasteiger partial charge in [-0.15, -0.1) is 0 Å². The predicted octanol–water partition coefficient (Wildman–Crippen LogP) is 4.41. The maximum absolute atomic E-state index is 12.0. The van der Waals surface area contributed by atoms with Gasteiger partial charge < -0.3 is 19.7 Å². The molecule has 0 saturated carbocycles. The molecule has 1 saturated heterocycles. The molecule has 1 unspecified atom stereocenters. The Balaban J connectivity index is 1.55. The maximum atomic E-state index is 12.0. The number of nitrogens with zero attached hydrogens (tertiary/aromatic N) is 5. The lowest BCUT2D eigenvalue weighted by Crippen LogP contribution is -2.42. The zero-order valence-corrected chi connectivity index (χ0v) is 20.3. The minimum Gasteiger partial charge on any atom is -0.474 e. The Kier molecular flexibility index (Phi) is 8.82. The summed E-state index contributed by atoms with van der Waals surface area (Å²) in [6.45, 7) is 10.3. The van der Waals surface area contributed by atoms with Crippen molar-refractivity contribution in [2.75, 3.05) is 32.0 Å². The van der Waals surface area contributed by atoms with Crippen molar-refractivity contribution in [1.82, 2.24) is 24.8 Å². The Bertz CT molecular complexity index is 884. The van der Waals surface area contributed by atoms with Crippen LogP contribution in [0.2, 0.25) is 0 Å². The van der Waals surface area contributed by atoms with Gasteiger partial charge in [0.1, 0.15) is 24.1 Å². The van der Waals surface area contributed by atoms with Crippen LogP contribution in [0.15, 0.2) is 30.7 Å². The van der Waals surface area contributed by atoms with Crippen LogP contribution in [-0.4, -0.2) is 69.7 Å². The Labute approximate surface area is 196 Å². The van der Waals surface area contributed by atoms with E-state index in [0.717, 1.165) is 31.6 Å². The number of nitrogens with one attached hydrogen (secondary N) is 1. The quantitative estimate of drug-likeness (QED) is 0.593. The molecule has 1 N–H and O–H groups in total. The molecule has 9 heteroatoms. The lowest BCUT2D eigenvalue weighted by atomic mass is 10.1. The molecule has 1 aliphatic rings. The van der Waals surface area contributed by atoms with Gasteiger partial charge in [-0.2, -0.15) is 0 Å². The summed E-state index contributed by atoms with van der Waals surface area (Å²) in [5.74, 6) is 1.84. The molecule has 0 aromatic carbocycles. The van der Waals surface area contributed by atoms with E-state index in [4.69, 9.17) is 9.47 Å². The van der Waals surface area contributed by atoms with Gasteiger partial charge in [-0.1, -0.05) is 19.9 Å². The molecule has 2 aromatic rings. The zero-order chi connectivity index (χ0) is 23.8. The largest absolute Gasteiger partial charge is 0.474 e. The van der Waals surface area contributed by atoms with E-state index in [1.54, 1.807) is 11.0 Å². The number of hydrogen-bond acceptors (Lipinski definition) is 8. The second-order valence-electron chi connectivity index (χ2n) is 8.58. The lowest BCUT2D eigenvalue weighted by molar-refractivity contribution is 0.0507. The van der Waals surface area contributed by atoms with Crippen molar-refractivity contribution in [3.8, 4) is 5.88 Å². The predicted molar refractivity (Wildman–Crippen MR) is 128 cm³/mol. The fourth-order valence-electron chi connectivity index (χ4n) is 3.91. The van der Waals surface area contributed by atoms with E-state index in [1.807, 2.05) is 26.1 Å². The highest BCUT2D eigenvalue weighted by Gasteiger charge is 2.25. The van der Waals surface area contributed by atoms with Crippen LogP contribution in [0.5, 0.6) is 5.88 Å². The maximum Gasteiger partial charge on any atom is 0.410 e. The number of pyridine rings is 1. The van der Waals surface area contributed by atoms with E-state index in [9.17, 15) is 4.79 Å². The SMILES string of the molecule is CCC(c1ccc(Nc2cc(OC3CCN(C(=O)OC(C)C)CC3)ncn2)nc1)N(C)CC. The van der Waals surface area contributed by atoms with Crippen LogP contribution in [0, 0.1) is 0 Å². The molecular formula is C24H36N6O3. The molecule has 180 valence electrons. The van der Waals surface area contributed by atoms with E-state index in [1.165, 1.54) is 11.9 Å². The topological polar surface area (TPSA) is 92.7 Å². The molecule has 1 aliphatic heterocycles. The number of amides is 1. The number of anilines is 2. The van der Waals surface area contributed by atoms with Gasteiger partial charge >= 0.3 is 6.09 Å². The summed E-state index contributed by atoms with van der Waals surface area (Å²) in [6.07, 6.45) is 5.50. The third-order valence-electron chi connectivity index (χ3n) is 5.81. The fraction of sp³-hybridized carbons (Fsp3) is 0.583. The van der Waals surface area contributed by atoms with Crippen LogP contribution in [0.1, 0.15) is 58.6 Å². The van der Waals surface area contributed by atoms with Crippen molar-refractivity contribution >= 4 is 17.7 Å². The third kappa shape index (κ3) is 7.02. The van der Waals surface area contributed by atoms with Gasteiger partial charge in [-0.25, -0.2) is 19.7 Å². The summed E-state index contributed by atoms with van der Waals surface area (Å²) in [5.41, 5.74) is 1.20. The number of ether oxygens (including phenoxy) is 2. The molecule has 0 bridgehead atoms. The first kappa shape index (κ1) is 24.7. The number of hydrogen-bond donors (Lipinski definition) is 1. The van der Waals surface area contributed by atoms with Gasteiger partial charge in [-0.05, 0) is 45.5 Å². The standard InChI is InChI=1S/C24H36N6O3/c1-6-20(29(5)7-2)18-8-9-21(25-15-18)28-22-14-23(27-16-26-22)33-19-10-12-30(13-11-19)24(31)32-17(3)4/h8-9,14-17,19-20H,6-7,10-13H2,1-5H3,(H,25,26,27,28). The number of aromatic nitrogens is 3. The molecule has 3 rings (SSSR count). The fourth-order valence-corrected chi connectivity index (χ4v) is 3.91. The van der Waals surface area contributed by atoms with Crippen molar-refractivity contribution in [3.05, 3.63) is 36.3 Å². The molecular weight excluding hydrogens is 420 g/mol. The van der Waals surface area contributed by atoms with Gasteiger partial charge in [0.15, 0.2) is 0 Å². The summed E-state index contributed by atoms with van der Waals surface area (Å²) >= 11 is 0. The molecule has 9 nitrogen and oxygen atoms in total. The second kappa shape index (κ2) is 11.8. The Morgan fingerprint density at radius 2 is 1.94 bits per heavy atom. The van der Waals surface area contributed by atoms with Gasteiger partial charge in [0.05, 0.1) is 6.10 Å². The number of rotatable bonds is 9. The highest BCUT2D eigenvalue weighted by molar-refractivity contribution is 5.67. The summed E-state index contributed by atoms with van der Waals surface area (Å²) in [6, 6.07) is 6.20. The molecule has 1 atom stereocenters. The van der Waals surface area contributed by atoms with Crippen LogP contribution in [-0.2, 0) is 4.74 Å². The average Bonchev–Trinajstić information content (AvgIpc) is 2.81. The summed E-state index contributed by atoms with van der Waals surface area (Å²) < 4.78 is 11.3. The van der Waals surface area contributed by atoms with Crippen molar-refractivity contribution in [2.45, 2.75) is 65.2 Å². The molecule has 0 radical (unpaired) electrons. The highest BCUT2D eigenvalue weighted by atomic mass is 16.6. The van der Waals surface area contributed by atoms with E-state index < -0.39 is 0 Å². The first-order valence-electron chi connectivity index (χ1n) is 11.8. The average molecular weight is 457 g/mol. The Morgan fingerprint density at radius 1 is 1.18 bits per heavy atom. The number of likely N-dealkylation sites (tertiary alicyclic amines) is 1. The van der Waals surface area contributed by atoms with Crippen molar-refractivity contribution < 1.29 is 14.3 Å². The molecule has 0 spiro atoms. The minimum atomic E-state index is -0.262. The van der Waals surface area contributed by atoms with E-state index >= 15 is 0 Å². The van der Waals surface area contributed by atoms with Crippen LogP contribution < -0.4 is 10.1 Å². The molecule has 1 fully saturated rings. The first-order chi connectivity index (χ1) is 15.9. The highest BCUT2D eigenvalue weighted by Crippen LogP contribution is 2.24. The molecule has 33 heavy (non-hydrogen) atoms. The number of carbonyl (C=O) groups is 1. The molecule has 2 aromatic heterocycles. The smallest absolute Gasteiger partial charge is 0.410 e. The minimum absolute atomic E-state index is 0.00482. The Morgan fingerprint density at radius 3 is 2.55 bits per heavy atom. The van der Waals surface area contributed by atoms with Crippen LogP contribution in [0.4, 0.5) is 16.4 Å². The Hall–Kier alpha value is -2.94. The molecule has 0 aliphatic carbocycles. The van der Waals surface area contributed by atoms with Crippen LogP contribution in [0.3, 0.4) is 0 Å². The summed E-state index contributed by atoms with van der Waals surface area (Å²) in [7, 11) is 2.13. The molecule has 3 heterocycles. The van der Waals surface area contributed by atoms with Crippen LogP contribution >= 0.6 is 0 Å². The van der Waals surface area contributed by atoms with Crippen molar-refractivity contribution in [3.63, 3.8) is 0 Å². The van der Waals surface area contributed by atoms with E-state index in [0.29, 0.717) is 30.8 Å². The monoisotopic (exact) mass is 456 g/mol. The van der Waals surface area contributed by atoms with Crippen molar-refractivity contribution in [1.29, 1.82) is 0 Å². The second-order valence-corrected chi connectivity index (χ2v) is 8.58. The summed E-state index contributed by atoms with van der Waals surface area (Å²) in [5, 5.41) is 3.22. The number of piperidine rings is 1. The van der Waals surface area contributed by atoms with Gasteiger partial charge in [-0.3, -0.25) is 4.90 Å². The normalized spacial score (nSPS) is 15.5. The van der Waals surface area contributed by atoms with Gasteiger partial charge in [0, 0.05) is 44.2 Å².